The first-order valence-corrected chi connectivity index (χ1v) is 10.2. The molecule has 0 saturated carbocycles. The Morgan fingerprint density at radius 3 is 2.59 bits per heavy atom. The zero-order valence-corrected chi connectivity index (χ0v) is 16.6. The van der Waals surface area contributed by atoms with Gasteiger partial charge in [-0.25, -0.2) is 8.42 Å². The number of nitrogens with one attached hydrogen (secondary N) is 1. The summed E-state index contributed by atoms with van der Waals surface area (Å²) in [5.41, 5.74) is 0.771. The fourth-order valence-electron chi connectivity index (χ4n) is 2.28. The number of nitrogens with zero attached hydrogens (tertiary/aromatic N) is 2. The van der Waals surface area contributed by atoms with E-state index in [2.05, 4.69) is 10.5 Å². The first-order chi connectivity index (χ1) is 12.8. The van der Waals surface area contributed by atoms with Gasteiger partial charge in [-0.15, -0.1) is 0 Å². The number of aromatic nitrogens is 1. The smallest absolute Gasteiger partial charge is 0.240 e. The molecule has 0 saturated heterocycles. The lowest BCUT2D eigenvalue weighted by Gasteiger charge is -2.20. The summed E-state index contributed by atoms with van der Waals surface area (Å²) >= 11 is 0. The zero-order chi connectivity index (χ0) is 19.9. The van der Waals surface area contributed by atoms with Crippen LogP contribution in [0.4, 0.5) is 5.82 Å². The van der Waals surface area contributed by atoms with Crippen molar-refractivity contribution >= 4 is 27.8 Å². The molecule has 0 radical (unpaired) electrons. The Hall–Kier alpha value is -2.45. The van der Waals surface area contributed by atoms with Gasteiger partial charge in [0.05, 0.1) is 6.54 Å². The highest BCUT2D eigenvalue weighted by Gasteiger charge is 2.23. The van der Waals surface area contributed by atoms with E-state index < -0.39 is 15.9 Å². The molecular weight excluding hydrogens is 366 g/mol. The number of carbonyl (C=O) groups excluding carboxylic acids is 1. The molecule has 0 bridgehead atoms. The summed E-state index contributed by atoms with van der Waals surface area (Å²) in [4.78, 5) is 12.3. The summed E-state index contributed by atoms with van der Waals surface area (Å²) in [6.07, 6.45) is 2.17. The second kappa shape index (κ2) is 9.48. The summed E-state index contributed by atoms with van der Waals surface area (Å²) in [6, 6.07) is 10.7. The number of anilines is 1. The Morgan fingerprint density at radius 2 is 2.00 bits per heavy atom. The first kappa shape index (κ1) is 20.9. The number of hydrogen-bond donors (Lipinski definition) is 1. The average Bonchev–Trinajstić information content (AvgIpc) is 3.02. The predicted molar refractivity (Wildman–Crippen MR) is 105 cm³/mol. The lowest BCUT2D eigenvalue weighted by molar-refractivity contribution is -0.116. The molecule has 1 amide bonds. The minimum Gasteiger partial charge on any atom is -0.360 e. The third-order valence-corrected chi connectivity index (χ3v) is 5.27. The van der Waals surface area contributed by atoms with Crippen molar-refractivity contribution in [2.75, 3.05) is 18.4 Å². The van der Waals surface area contributed by atoms with E-state index in [-0.39, 0.29) is 18.9 Å². The van der Waals surface area contributed by atoms with Crippen LogP contribution in [0, 0.1) is 12.8 Å². The van der Waals surface area contributed by atoms with Crippen molar-refractivity contribution in [3.05, 3.63) is 53.1 Å². The Morgan fingerprint density at radius 1 is 1.30 bits per heavy atom. The molecule has 2 aromatic rings. The van der Waals surface area contributed by atoms with Gasteiger partial charge in [0.1, 0.15) is 5.76 Å². The van der Waals surface area contributed by atoms with Gasteiger partial charge in [0.2, 0.25) is 15.9 Å². The Kier molecular flexibility index (Phi) is 7.32. The predicted octanol–water partition coefficient (Wildman–Crippen LogP) is 3.27. The van der Waals surface area contributed by atoms with Gasteiger partial charge < -0.3 is 9.84 Å². The quantitative estimate of drug-likeness (QED) is 0.708. The fraction of sp³-hybridized carbons (Fsp3) is 0.368. The Labute approximate surface area is 160 Å². The van der Waals surface area contributed by atoms with E-state index >= 15 is 0 Å². The minimum absolute atomic E-state index is 0.254. The molecule has 8 heteroatoms. The van der Waals surface area contributed by atoms with Crippen LogP contribution in [0.3, 0.4) is 0 Å². The highest BCUT2D eigenvalue weighted by atomic mass is 32.2. The van der Waals surface area contributed by atoms with Crippen LogP contribution in [0.25, 0.3) is 6.08 Å². The largest absolute Gasteiger partial charge is 0.360 e. The van der Waals surface area contributed by atoms with Gasteiger partial charge in [-0.1, -0.05) is 49.3 Å². The topological polar surface area (TPSA) is 92.5 Å². The van der Waals surface area contributed by atoms with Crippen molar-refractivity contribution in [3.63, 3.8) is 0 Å². The molecule has 0 aliphatic rings. The standard InChI is InChI=1S/C19H25N3O4S/c1-15(2)9-11-22(14-19(23)20-18-13-16(3)26-21-18)27(24,25)12-10-17-7-5-4-6-8-17/h4-8,10,12-13,15H,9,11,14H2,1-3H3,(H,20,21,23). The zero-order valence-electron chi connectivity index (χ0n) is 15.8. The third kappa shape index (κ3) is 6.99. The molecule has 146 valence electrons. The molecular formula is C19H25N3O4S. The molecule has 0 fully saturated rings. The van der Waals surface area contributed by atoms with Gasteiger partial charge in [0.15, 0.2) is 5.82 Å². The van der Waals surface area contributed by atoms with E-state index in [1.807, 2.05) is 44.2 Å². The Bertz CT molecular complexity index is 873. The van der Waals surface area contributed by atoms with E-state index in [1.165, 1.54) is 10.4 Å². The molecule has 0 unspecified atom stereocenters. The van der Waals surface area contributed by atoms with E-state index in [0.29, 0.717) is 18.1 Å². The van der Waals surface area contributed by atoms with Gasteiger partial charge in [0.25, 0.3) is 0 Å². The molecule has 0 spiro atoms. The molecule has 1 heterocycles. The Balaban J connectivity index is 2.11. The van der Waals surface area contributed by atoms with E-state index in [4.69, 9.17) is 4.52 Å². The average molecular weight is 391 g/mol. The maximum absolute atomic E-state index is 12.7. The number of aryl methyl sites for hydroxylation is 1. The molecule has 7 nitrogen and oxygen atoms in total. The number of amides is 1. The first-order valence-electron chi connectivity index (χ1n) is 8.73. The summed E-state index contributed by atoms with van der Waals surface area (Å²) in [5, 5.41) is 7.37. The van der Waals surface area contributed by atoms with Crippen LogP contribution in [-0.4, -0.2) is 36.9 Å². The number of hydrogen-bond acceptors (Lipinski definition) is 5. The summed E-state index contributed by atoms with van der Waals surface area (Å²) in [5.74, 6) is 0.657. The van der Waals surface area contributed by atoms with Crippen LogP contribution in [0.5, 0.6) is 0 Å². The van der Waals surface area contributed by atoms with Gasteiger partial charge in [0, 0.05) is 18.0 Å². The lowest BCUT2D eigenvalue weighted by atomic mass is 10.1. The van der Waals surface area contributed by atoms with Crippen molar-refractivity contribution in [2.45, 2.75) is 27.2 Å². The molecule has 0 aliphatic heterocycles. The van der Waals surface area contributed by atoms with Gasteiger partial charge in [-0.3, -0.25) is 4.79 Å². The molecule has 0 atom stereocenters. The van der Waals surface area contributed by atoms with Crippen LogP contribution < -0.4 is 5.32 Å². The van der Waals surface area contributed by atoms with Crippen molar-refractivity contribution < 1.29 is 17.7 Å². The van der Waals surface area contributed by atoms with Gasteiger partial charge >= 0.3 is 0 Å². The lowest BCUT2D eigenvalue weighted by Crippen LogP contribution is -2.38. The fourth-order valence-corrected chi connectivity index (χ4v) is 3.44. The molecule has 2 rings (SSSR count). The third-order valence-electron chi connectivity index (χ3n) is 3.76. The SMILES string of the molecule is Cc1cc(NC(=O)CN(CCC(C)C)S(=O)(=O)C=Cc2ccccc2)no1. The molecule has 0 aliphatic carbocycles. The molecule has 27 heavy (non-hydrogen) atoms. The van der Waals surface area contributed by atoms with Crippen LogP contribution >= 0.6 is 0 Å². The maximum atomic E-state index is 12.7. The van der Waals surface area contributed by atoms with Crippen LogP contribution in [0.2, 0.25) is 0 Å². The summed E-state index contributed by atoms with van der Waals surface area (Å²) in [6.45, 7) is 5.67. The van der Waals surface area contributed by atoms with Crippen LogP contribution in [0.1, 0.15) is 31.6 Å². The number of rotatable bonds is 9. The van der Waals surface area contributed by atoms with Gasteiger partial charge in [-0.05, 0) is 30.9 Å². The van der Waals surface area contributed by atoms with E-state index in [9.17, 15) is 13.2 Å². The molecule has 1 N–H and O–H groups in total. The van der Waals surface area contributed by atoms with Crippen LogP contribution in [0.15, 0.2) is 46.3 Å². The normalized spacial score (nSPS) is 12.2. The van der Waals surface area contributed by atoms with Crippen molar-refractivity contribution in [2.24, 2.45) is 5.92 Å². The minimum atomic E-state index is -3.75. The second-order valence-corrected chi connectivity index (χ2v) is 8.46. The monoisotopic (exact) mass is 391 g/mol. The van der Waals surface area contributed by atoms with Gasteiger partial charge in [-0.2, -0.15) is 4.31 Å². The van der Waals surface area contributed by atoms with Crippen molar-refractivity contribution in [1.82, 2.24) is 9.46 Å². The highest BCUT2D eigenvalue weighted by molar-refractivity contribution is 7.92. The van der Waals surface area contributed by atoms with Crippen LogP contribution in [-0.2, 0) is 14.8 Å². The van der Waals surface area contributed by atoms with Crippen molar-refractivity contribution in [3.8, 4) is 0 Å². The van der Waals surface area contributed by atoms with E-state index in [1.54, 1.807) is 13.0 Å². The summed E-state index contributed by atoms with van der Waals surface area (Å²) < 4.78 is 31.5. The van der Waals surface area contributed by atoms with E-state index in [0.717, 1.165) is 11.0 Å². The maximum Gasteiger partial charge on any atom is 0.240 e. The second-order valence-electron chi connectivity index (χ2n) is 6.65. The van der Waals surface area contributed by atoms with Crippen molar-refractivity contribution in [1.29, 1.82) is 0 Å². The highest BCUT2D eigenvalue weighted by Crippen LogP contribution is 2.12. The molecule has 1 aromatic carbocycles. The number of carbonyl (C=O) groups is 1. The number of sulfonamides is 1. The summed E-state index contributed by atoms with van der Waals surface area (Å²) in [7, 11) is -3.75. The number of benzene rings is 1. The molecule has 1 aromatic heterocycles.